The summed E-state index contributed by atoms with van der Waals surface area (Å²) in [5, 5.41) is 5.18. The van der Waals surface area contributed by atoms with Gasteiger partial charge >= 0.3 is 0 Å². The van der Waals surface area contributed by atoms with Gasteiger partial charge in [-0.25, -0.2) is 0 Å². The summed E-state index contributed by atoms with van der Waals surface area (Å²) >= 11 is 1.74. The molecule has 22 heavy (non-hydrogen) atoms. The second-order valence-corrected chi connectivity index (χ2v) is 7.59. The van der Waals surface area contributed by atoms with E-state index in [0.717, 1.165) is 41.1 Å². The van der Waals surface area contributed by atoms with Crippen molar-refractivity contribution in [2.24, 2.45) is 5.92 Å². The number of benzene rings is 1. The van der Waals surface area contributed by atoms with Crippen LogP contribution in [0.25, 0.3) is 0 Å². The maximum absolute atomic E-state index is 12.7. The van der Waals surface area contributed by atoms with Crippen LogP contribution >= 0.6 is 11.3 Å². The number of amides is 1. The molecule has 1 aliphatic rings. The molecule has 0 saturated heterocycles. The van der Waals surface area contributed by atoms with Crippen molar-refractivity contribution in [2.75, 3.05) is 5.32 Å². The molecule has 116 valence electrons. The van der Waals surface area contributed by atoms with Crippen LogP contribution in [0.3, 0.4) is 0 Å². The fourth-order valence-corrected chi connectivity index (χ4v) is 4.67. The standard InChI is InChI=1S/C19H23NOS/c1-11-5-6-15-16(10-22-17(15)9-11)19(21)20-18-13(3)7-12(2)8-14(18)4/h7-8,10-11H,5-6,9H2,1-4H3,(H,20,21)/t11-/m1/s1. The minimum atomic E-state index is 0.0436. The first-order valence-corrected chi connectivity index (χ1v) is 8.82. The monoisotopic (exact) mass is 313 g/mol. The first-order valence-electron chi connectivity index (χ1n) is 7.94. The molecule has 1 N–H and O–H groups in total. The van der Waals surface area contributed by atoms with Crippen molar-refractivity contribution in [2.45, 2.75) is 47.0 Å². The summed E-state index contributed by atoms with van der Waals surface area (Å²) in [5.41, 5.74) is 6.61. The van der Waals surface area contributed by atoms with Crippen LogP contribution in [0.2, 0.25) is 0 Å². The average Bonchev–Trinajstić information content (AvgIpc) is 2.85. The van der Waals surface area contributed by atoms with Crippen LogP contribution in [-0.2, 0) is 12.8 Å². The van der Waals surface area contributed by atoms with Crippen LogP contribution in [0.1, 0.15) is 50.8 Å². The second kappa shape index (κ2) is 5.88. The molecule has 2 nitrogen and oxygen atoms in total. The minimum Gasteiger partial charge on any atom is -0.321 e. The van der Waals surface area contributed by atoms with Crippen molar-refractivity contribution in [1.29, 1.82) is 0 Å². The molecule has 0 radical (unpaired) electrons. The predicted octanol–water partition coefficient (Wildman–Crippen LogP) is 5.05. The highest BCUT2D eigenvalue weighted by Crippen LogP contribution is 2.33. The lowest BCUT2D eigenvalue weighted by atomic mass is 9.88. The molecule has 1 heterocycles. The summed E-state index contributed by atoms with van der Waals surface area (Å²) in [6, 6.07) is 4.24. The normalized spacial score (nSPS) is 17.2. The van der Waals surface area contributed by atoms with Gasteiger partial charge < -0.3 is 5.32 Å². The highest BCUT2D eigenvalue weighted by Gasteiger charge is 2.23. The van der Waals surface area contributed by atoms with Crippen LogP contribution in [0, 0.1) is 26.7 Å². The second-order valence-electron chi connectivity index (χ2n) is 6.63. The molecule has 1 aromatic carbocycles. The van der Waals surface area contributed by atoms with E-state index in [4.69, 9.17) is 0 Å². The Balaban J connectivity index is 1.87. The van der Waals surface area contributed by atoms with Crippen LogP contribution in [0.15, 0.2) is 17.5 Å². The fraction of sp³-hybridized carbons (Fsp3) is 0.421. The van der Waals surface area contributed by atoms with Gasteiger partial charge in [0.2, 0.25) is 0 Å². The van der Waals surface area contributed by atoms with Gasteiger partial charge in [0.25, 0.3) is 5.91 Å². The van der Waals surface area contributed by atoms with Crippen molar-refractivity contribution in [3.63, 3.8) is 0 Å². The molecule has 1 aromatic heterocycles. The van der Waals surface area contributed by atoms with Crippen LogP contribution in [0.5, 0.6) is 0 Å². The first-order chi connectivity index (χ1) is 10.5. The van der Waals surface area contributed by atoms with Gasteiger partial charge in [-0.2, -0.15) is 0 Å². The molecule has 0 fully saturated rings. The maximum Gasteiger partial charge on any atom is 0.256 e. The quantitative estimate of drug-likeness (QED) is 0.826. The molecule has 3 heteroatoms. The third-order valence-corrected chi connectivity index (χ3v) is 5.61. The number of carbonyl (C=O) groups is 1. The molecule has 1 aliphatic carbocycles. The lowest BCUT2D eigenvalue weighted by molar-refractivity contribution is 0.102. The van der Waals surface area contributed by atoms with Gasteiger partial charge in [-0.3, -0.25) is 4.79 Å². The van der Waals surface area contributed by atoms with Gasteiger partial charge in [-0.1, -0.05) is 24.6 Å². The Hall–Kier alpha value is -1.61. The zero-order chi connectivity index (χ0) is 15.9. The Morgan fingerprint density at radius 2 is 1.91 bits per heavy atom. The highest BCUT2D eigenvalue weighted by atomic mass is 32.1. The number of fused-ring (bicyclic) bond motifs is 1. The molecule has 0 saturated carbocycles. The minimum absolute atomic E-state index is 0.0436. The Labute approximate surface area is 136 Å². The zero-order valence-corrected chi connectivity index (χ0v) is 14.6. The van der Waals surface area contributed by atoms with Gasteiger partial charge in [-0.15, -0.1) is 11.3 Å². The summed E-state index contributed by atoms with van der Waals surface area (Å²) in [5.74, 6) is 0.783. The molecule has 0 spiro atoms. The topological polar surface area (TPSA) is 29.1 Å². The number of rotatable bonds is 2. The summed E-state index contributed by atoms with van der Waals surface area (Å²) in [4.78, 5) is 14.1. The van der Waals surface area contributed by atoms with E-state index in [1.165, 1.54) is 22.4 Å². The van der Waals surface area contributed by atoms with E-state index in [-0.39, 0.29) is 5.91 Å². The highest BCUT2D eigenvalue weighted by molar-refractivity contribution is 7.10. The van der Waals surface area contributed by atoms with Gasteiger partial charge in [0.15, 0.2) is 0 Å². The van der Waals surface area contributed by atoms with Crippen molar-refractivity contribution >= 4 is 22.9 Å². The largest absolute Gasteiger partial charge is 0.321 e. The summed E-state index contributed by atoms with van der Waals surface area (Å²) in [6.07, 6.45) is 3.34. The summed E-state index contributed by atoms with van der Waals surface area (Å²) in [6.45, 7) is 8.49. The van der Waals surface area contributed by atoms with Crippen molar-refractivity contribution in [1.82, 2.24) is 0 Å². The Morgan fingerprint density at radius 3 is 2.59 bits per heavy atom. The third-order valence-electron chi connectivity index (χ3n) is 4.56. The lowest BCUT2D eigenvalue weighted by Gasteiger charge is -2.19. The van der Waals surface area contributed by atoms with Crippen molar-refractivity contribution in [3.8, 4) is 0 Å². The van der Waals surface area contributed by atoms with Gasteiger partial charge in [0.1, 0.15) is 0 Å². The van der Waals surface area contributed by atoms with Crippen LogP contribution in [-0.4, -0.2) is 5.91 Å². The molecule has 0 aliphatic heterocycles. The van der Waals surface area contributed by atoms with E-state index in [0.29, 0.717) is 0 Å². The van der Waals surface area contributed by atoms with Crippen LogP contribution < -0.4 is 5.32 Å². The smallest absolute Gasteiger partial charge is 0.256 e. The molecule has 1 atom stereocenters. The van der Waals surface area contributed by atoms with E-state index in [9.17, 15) is 4.79 Å². The molecule has 0 bridgehead atoms. The maximum atomic E-state index is 12.7. The molecular weight excluding hydrogens is 290 g/mol. The molecule has 0 unspecified atom stereocenters. The third kappa shape index (κ3) is 2.82. The summed E-state index contributed by atoms with van der Waals surface area (Å²) < 4.78 is 0. The van der Waals surface area contributed by atoms with E-state index in [2.05, 4.69) is 45.1 Å². The van der Waals surface area contributed by atoms with Crippen molar-refractivity contribution in [3.05, 3.63) is 50.2 Å². The number of hydrogen-bond acceptors (Lipinski definition) is 2. The Morgan fingerprint density at radius 1 is 1.23 bits per heavy atom. The number of anilines is 1. The SMILES string of the molecule is Cc1cc(C)c(NC(=O)c2csc3c2CC[C@@H](C)C3)c(C)c1. The molecule has 3 rings (SSSR count). The number of aryl methyl sites for hydroxylation is 3. The Kier molecular flexibility index (Phi) is 4.09. The van der Waals surface area contributed by atoms with E-state index < -0.39 is 0 Å². The Bertz CT molecular complexity index is 706. The summed E-state index contributed by atoms with van der Waals surface area (Å²) in [7, 11) is 0. The predicted molar refractivity (Wildman–Crippen MR) is 94.1 cm³/mol. The number of thiophene rings is 1. The average molecular weight is 313 g/mol. The van der Waals surface area contributed by atoms with Crippen molar-refractivity contribution < 1.29 is 4.79 Å². The molecular formula is C19H23NOS. The molecule has 2 aromatic rings. The van der Waals surface area contributed by atoms with Gasteiger partial charge in [-0.05, 0) is 62.6 Å². The lowest BCUT2D eigenvalue weighted by Crippen LogP contribution is -2.17. The number of carbonyl (C=O) groups excluding carboxylic acids is 1. The number of nitrogens with one attached hydrogen (secondary N) is 1. The zero-order valence-electron chi connectivity index (χ0n) is 13.7. The van der Waals surface area contributed by atoms with Gasteiger partial charge in [0, 0.05) is 15.9 Å². The van der Waals surface area contributed by atoms with E-state index in [1.54, 1.807) is 11.3 Å². The van der Waals surface area contributed by atoms with Gasteiger partial charge in [0.05, 0.1) is 5.56 Å². The van der Waals surface area contributed by atoms with E-state index >= 15 is 0 Å². The number of hydrogen-bond donors (Lipinski definition) is 1. The fourth-order valence-electron chi connectivity index (χ4n) is 3.43. The van der Waals surface area contributed by atoms with Crippen LogP contribution in [0.4, 0.5) is 5.69 Å². The molecule has 1 amide bonds. The van der Waals surface area contributed by atoms with E-state index in [1.807, 2.05) is 5.38 Å². The first kappa shape index (κ1) is 15.3.